The number of ether oxygens (including phenoxy) is 2. The SMILES string of the molecule is CCCCCCCCCCC(COC(=O)OC)OP(=O)([O-])OCC[N+](C)(C)C. The van der Waals surface area contributed by atoms with E-state index in [4.69, 9.17) is 13.8 Å². The van der Waals surface area contributed by atoms with Crippen molar-refractivity contribution in [2.24, 2.45) is 0 Å². The summed E-state index contributed by atoms with van der Waals surface area (Å²) in [7, 11) is 2.55. The van der Waals surface area contributed by atoms with Crippen LogP contribution < -0.4 is 4.89 Å². The molecule has 168 valence electrons. The fourth-order valence-electron chi connectivity index (χ4n) is 2.53. The molecule has 2 unspecified atom stereocenters. The number of nitrogens with zero attached hydrogens (tertiary/aromatic N) is 1. The Hall–Kier alpha value is -0.660. The number of likely N-dealkylation sites (N-methyl/N-ethyl adjacent to an activating group) is 1. The molecule has 0 fully saturated rings. The van der Waals surface area contributed by atoms with Crippen LogP contribution in [-0.4, -0.2) is 64.8 Å². The fourth-order valence-corrected chi connectivity index (χ4v) is 3.43. The van der Waals surface area contributed by atoms with Gasteiger partial charge in [-0.05, 0) is 6.42 Å². The van der Waals surface area contributed by atoms with Crippen molar-refractivity contribution in [1.29, 1.82) is 0 Å². The van der Waals surface area contributed by atoms with E-state index in [2.05, 4.69) is 11.7 Å². The highest BCUT2D eigenvalue weighted by Crippen LogP contribution is 2.40. The Labute approximate surface area is 170 Å². The Morgan fingerprint density at radius 1 is 1.04 bits per heavy atom. The van der Waals surface area contributed by atoms with Crippen molar-refractivity contribution in [2.75, 3.05) is 48.0 Å². The van der Waals surface area contributed by atoms with Crippen LogP contribution in [0.2, 0.25) is 0 Å². The van der Waals surface area contributed by atoms with Gasteiger partial charge in [-0.2, -0.15) is 0 Å². The van der Waals surface area contributed by atoms with Crippen LogP contribution in [0, 0.1) is 0 Å². The third-order valence-electron chi connectivity index (χ3n) is 4.22. The lowest BCUT2D eigenvalue weighted by molar-refractivity contribution is -0.870. The third kappa shape index (κ3) is 17.4. The van der Waals surface area contributed by atoms with E-state index in [1.807, 2.05) is 21.1 Å². The van der Waals surface area contributed by atoms with Gasteiger partial charge in [-0.1, -0.05) is 58.3 Å². The number of phosphoric acid groups is 1. The summed E-state index contributed by atoms with van der Waals surface area (Å²) in [5.74, 6) is 0. The van der Waals surface area contributed by atoms with Crippen LogP contribution in [0.1, 0.15) is 64.7 Å². The Kier molecular flexibility index (Phi) is 14.9. The maximum atomic E-state index is 12.1. The summed E-state index contributed by atoms with van der Waals surface area (Å²) in [6.45, 7) is 2.56. The number of quaternary nitrogens is 1. The fraction of sp³-hybridized carbons (Fsp3) is 0.947. The van der Waals surface area contributed by atoms with Crippen molar-refractivity contribution < 1.29 is 37.3 Å². The van der Waals surface area contributed by atoms with Crippen LogP contribution >= 0.6 is 7.82 Å². The zero-order valence-corrected chi connectivity index (χ0v) is 19.2. The van der Waals surface area contributed by atoms with E-state index in [-0.39, 0.29) is 13.2 Å². The van der Waals surface area contributed by atoms with Crippen LogP contribution in [0.4, 0.5) is 4.79 Å². The molecular formula is C19H40NO7P. The number of carbonyl (C=O) groups is 1. The summed E-state index contributed by atoms with van der Waals surface area (Å²) in [5, 5.41) is 0. The highest BCUT2D eigenvalue weighted by molar-refractivity contribution is 7.45. The Morgan fingerprint density at radius 3 is 2.14 bits per heavy atom. The number of hydrogen-bond acceptors (Lipinski definition) is 7. The Morgan fingerprint density at radius 2 is 1.61 bits per heavy atom. The molecule has 9 heteroatoms. The predicted molar refractivity (Wildman–Crippen MR) is 107 cm³/mol. The summed E-state index contributed by atoms with van der Waals surface area (Å²) in [4.78, 5) is 23.3. The van der Waals surface area contributed by atoms with Crippen molar-refractivity contribution in [3.05, 3.63) is 0 Å². The van der Waals surface area contributed by atoms with Gasteiger partial charge in [0.05, 0.1) is 28.3 Å². The smallest absolute Gasteiger partial charge is 0.508 e. The Bertz CT molecular complexity index is 454. The van der Waals surface area contributed by atoms with Gasteiger partial charge in [0.1, 0.15) is 25.9 Å². The minimum Gasteiger partial charge on any atom is -0.756 e. The van der Waals surface area contributed by atoms with Crippen molar-refractivity contribution in [3.8, 4) is 0 Å². The molecule has 0 heterocycles. The maximum Gasteiger partial charge on any atom is 0.508 e. The highest BCUT2D eigenvalue weighted by Gasteiger charge is 2.21. The molecule has 0 spiro atoms. The molecule has 28 heavy (non-hydrogen) atoms. The summed E-state index contributed by atoms with van der Waals surface area (Å²) in [6, 6.07) is 0. The number of carbonyl (C=O) groups excluding carboxylic acids is 1. The van der Waals surface area contributed by atoms with Gasteiger partial charge in [0, 0.05) is 0 Å². The molecule has 0 amide bonds. The number of phosphoric ester groups is 1. The monoisotopic (exact) mass is 425 g/mol. The zero-order valence-electron chi connectivity index (χ0n) is 18.3. The van der Waals surface area contributed by atoms with E-state index in [1.165, 1.54) is 39.2 Å². The van der Waals surface area contributed by atoms with Crippen molar-refractivity contribution in [2.45, 2.75) is 70.8 Å². The lowest BCUT2D eigenvalue weighted by atomic mass is 10.1. The third-order valence-corrected chi connectivity index (χ3v) is 5.28. The molecule has 0 rings (SSSR count). The molecule has 0 aromatic carbocycles. The topological polar surface area (TPSA) is 94.1 Å². The van der Waals surface area contributed by atoms with Gasteiger partial charge in [0.15, 0.2) is 0 Å². The van der Waals surface area contributed by atoms with Gasteiger partial charge >= 0.3 is 6.16 Å². The zero-order chi connectivity index (χ0) is 21.5. The molecule has 0 bridgehead atoms. The molecule has 0 aliphatic heterocycles. The number of methoxy groups -OCH3 is 1. The lowest BCUT2D eigenvalue weighted by Crippen LogP contribution is -2.37. The lowest BCUT2D eigenvalue weighted by Gasteiger charge is -2.30. The first kappa shape index (κ1) is 27.3. The van der Waals surface area contributed by atoms with Crippen molar-refractivity contribution >= 4 is 14.0 Å². The van der Waals surface area contributed by atoms with Crippen LogP contribution in [0.25, 0.3) is 0 Å². The molecule has 8 nitrogen and oxygen atoms in total. The molecule has 2 atom stereocenters. The second-order valence-corrected chi connectivity index (χ2v) is 9.41. The average molecular weight is 426 g/mol. The van der Waals surface area contributed by atoms with Gasteiger partial charge in [-0.25, -0.2) is 4.79 Å². The Balaban J connectivity index is 4.34. The number of rotatable bonds is 17. The van der Waals surface area contributed by atoms with Gasteiger partial charge in [-0.15, -0.1) is 0 Å². The van der Waals surface area contributed by atoms with E-state index >= 15 is 0 Å². The minimum absolute atomic E-state index is 0.0343. The summed E-state index contributed by atoms with van der Waals surface area (Å²) < 4.78 is 32.0. The second-order valence-electron chi connectivity index (χ2n) is 8.05. The molecule has 0 N–H and O–H groups in total. The summed E-state index contributed by atoms with van der Waals surface area (Å²) in [6.07, 6.45) is 7.88. The number of hydrogen-bond donors (Lipinski definition) is 0. The van der Waals surface area contributed by atoms with E-state index in [9.17, 15) is 14.3 Å². The predicted octanol–water partition coefficient (Wildman–Crippen LogP) is 3.88. The first-order valence-electron chi connectivity index (χ1n) is 10.2. The molecule has 0 radical (unpaired) electrons. The van der Waals surface area contributed by atoms with Gasteiger partial charge < -0.3 is 27.9 Å². The highest BCUT2D eigenvalue weighted by atomic mass is 31.2. The van der Waals surface area contributed by atoms with Crippen molar-refractivity contribution in [3.63, 3.8) is 0 Å². The molecule has 0 aliphatic carbocycles. The molecule has 0 aromatic heterocycles. The van der Waals surface area contributed by atoms with E-state index in [0.29, 0.717) is 17.4 Å². The molecule has 0 aromatic rings. The standard InChI is InChI=1S/C19H40NO7P/c1-6-7-8-9-10-11-12-13-14-18(17-25-19(21)24-5)27-28(22,23)26-16-15-20(2,3)4/h18H,6-17H2,1-5H3. The molecule has 0 saturated carbocycles. The van der Waals surface area contributed by atoms with Crippen molar-refractivity contribution in [1.82, 2.24) is 0 Å². The summed E-state index contributed by atoms with van der Waals surface area (Å²) in [5.41, 5.74) is 0. The van der Waals surface area contributed by atoms with Gasteiger partial charge in [-0.3, -0.25) is 4.57 Å². The molecule has 0 saturated heterocycles. The van der Waals surface area contributed by atoms with Crippen LogP contribution in [0.5, 0.6) is 0 Å². The largest absolute Gasteiger partial charge is 0.756 e. The van der Waals surface area contributed by atoms with E-state index < -0.39 is 20.1 Å². The normalized spacial score (nSPS) is 15.1. The quantitative estimate of drug-likeness (QED) is 0.151. The van der Waals surface area contributed by atoms with Gasteiger partial charge in [0.2, 0.25) is 0 Å². The maximum absolute atomic E-state index is 12.1. The van der Waals surface area contributed by atoms with Gasteiger partial charge in [0.25, 0.3) is 7.82 Å². The summed E-state index contributed by atoms with van der Waals surface area (Å²) >= 11 is 0. The van der Waals surface area contributed by atoms with Crippen LogP contribution in [0.15, 0.2) is 0 Å². The van der Waals surface area contributed by atoms with Crippen LogP contribution in [-0.2, 0) is 23.1 Å². The van der Waals surface area contributed by atoms with Crippen LogP contribution in [0.3, 0.4) is 0 Å². The molecule has 0 aliphatic rings. The first-order valence-corrected chi connectivity index (χ1v) is 11.7. The number of unbranched alkanes of at least 4 members (excludes halogenated alkanes) is 7. The molecular weight excluding hydrogens is 385 g/mol. The first-order chi connectivity index (χ1) is 13.1. The minimum atomic E-state index is -4.47. The average Bonchev–Trinajstić information content (AvgIpc) is 2.59. The van der Waals surface area contributed by atoms with E-state index in [0.717, 1.165) is 19.3 Å². The van der Waals surface area contributed by atoms with E-state index in [1.54, 1.807) is 0 Å². The second kappa shape index (κ2) is 15.2.